The Kier molecular flexibility index (Phi) is 6.87. The lowest BCUT2D eigenvalue weighted by Crippen LogP contribution is -2.18. The largest absolute Gasteiger partial charge is 0.466 e. The van der Waals surface area contributed by atoms with Crippen LogP contribution in [-0.4, -0.2) is 28.9 Å². The molecule has 1 N–H and O–H groups in total. The highest BCUT2D eigenvalue weighted by atomic mass is 35.5. The zero-order valence-corrected chi connectivity index (χ0v) is 12.6. The number of hydrogen-bond donors (Lipinski definition) is 1. The molecule has 1 aromatic heterocycles. The lowest BCUT2D eigenvalue weighted by atomic mass is 10.3. The molecule has 6 heteroatoms. The fraction of sp³-hybridized carbons (Fsp3) is 0.692. The van der Waals surface area contributed by atoms with Crippen LogP contribution in [0.25, 0.3) is 0 Å². The first-order valence-corrected chi connectivity index (χ1v) is 7.04. The van der Waals surface area contributed by atoms with Crippen molar-refractivity contribution in [2.24, 2.45) is 7.05 Å². The van der Waals surface area contributed by atoms with Crippen molar-refractivity contribution in [3.05, 3.63) is 16.4 Å². The number of nitrogens with one attached hydrogen (secondary N) is 1. The monoisotopic (exact) mass is 287 g/mol. The quantitative estimate of drug-likeness (QED) is 0.587. The number of halogens is 1. The molecule has 1 heterocycles. The van der Waals surface area contributed by atoms with Crippen LogP contribution >= 0.6 is 11.6 Å². The second kappa shape index (κ2) is 8.17. The minimum Gasteiger partial charge on any atom is -0.466 e. The zero-order valence-electron chi connectivity index (χ0n) is 11.8. The number of carbonyl (C=O) groups excluding carboxylic acids is 1. The molecular formula is C13H22ClN3O2. The Morgan fingerprint density at radius 3 is 2.79 bits per heavy atom. The van der Waals surface area contributed by atoms with E-state index in [1.165, 1.54) is 0 Å². The Morgan fingerprint density at radius 2 is 2.21 bits per heavy atom. The number of hydrogen-bond acceptors (Lipinski definition) is 4. The first-order chi connectivity index (χ1) is 9.10. The Bertz CT molecular complexity index is 418. The second-order valence-electron chi connectivity index (χ2n) is 4.27. The van der Waals surface area contributed by atoms with Crippen LogP contribution in [0.1, 0.15) is 38.1 Å². The maximum absolute atomic E-state index is 11.1. The summed E-state index contributed by atoms with van der Waals surface area (Å²) in [7, 11) is 1.89. The third kappa shape index (κ3) is 4.84. The zero-order chi connectivity index (χ0) is 14.3. The summed E-state index contributed by atoms with van der Waals surface area (Å²) in [6, 6.07) is 0. The third-order valence-electron chi connectivity index (χ3n) is 2.84. The van der Waals surface area contributed by atoms with Crippen LogP contribution in [0.3, 0.4) is 0 Å². The molecule has 0 bridgehead atoms. The Labute approximate surface area is 119 Å². The van der Waals surface area contributed by atoms with Crippen LogP contribution in [0.5, 0.6) is 0 Å². The van der Waals surface area contributed by atoms with Gasteiger partial charge < -0.3 is 10.1 Å². The predicted octanol–water partition coefficient (Wildman–Crippen LogP) is 2.07. The number of carbonyl (C=O) groups is 1. The first-order valence-electron chi connectivity index (χ1n) is 6.66. The maximum Gasteiger partial charge on any atom is 0.305 e. The van der Waals surface area contributed by atoms with Crippen LogP contribution in [0, 0.1) is 0 Å². The Balaban J connectivity index is 2.30. The molecular weight excluding hydrogens is 266 g/mol. The number of ether oxygens (including phenoxy) is 1. The fourth-order valence-corrected chi connectivity index (χ4v) is 2.17. The molecule has 108 valence electrons. The number of aromatic nitrogens is 2. The van der Waals surface area contributed by atoms with Gasteiger partial charge in [-0.05, 0) is 26.3 Å². The van der Waals surface area contributed by atoms with E-state index in [1.54, 1.807) is 4.68 Å². The van der Waals surface area contributed by atoms with Crippen molar-refractivity contribution >= 4 is 17.6 Å². The van der Waals surface area contributed by atoms with E-state index in [0.29, 0.717) is 19.6 Å². The summed E-state index contributed by atoms with van der Waals surface area (Å²) in [5, 5.41) is 8.35. The lowest BCUT2D eigenvalue weighted by molar-refractivity contribution is -0.143. The molecule has 1 rings (SSSR count). The molecule has 19 heavy (non-hydrogen) atoms. The van der Waals surface area contributed by atoms with Crippen LogP contribution in [0.4, 0.5) is 0 Å². The lowest BCUT2D eigenvalue weighted by Gasteiger charge is -2.06. The van der Waals surface area contributed by atoms with Crippen LogP contribution in [-0.2, 0) is 29.5 Å². The van der Waals surface area contributed by atoms with E-state index < -0.39 is 0 Å². The molecule has 0 unspecified atom stereocenters. The molecule has 0 fully saturated rings. The van der Waals surface area contributed by atoms with E-state index in [4.69, 9.17) is 16.3 Å². The molecule has 0 saturated heterocycles. The van der Waals surface area contributed by atoms with Gasteiger partial charge in [-0.3, -0.25) is 9.48 Å². The Hall–Kier alpha value is -1.07. The molecule has 0 aliphatic rings. The van der Waals surface area contributed by atoms with E-state index >= 15 is 0 Å². The highest BCUT2D eigenvalue weighted by Gasteiger charge is 2.12. The molecule has 0 aliphatic heterocycles. The summed E-state index contributed by atoms with van der Waals surface area (Å²) < 4.78 is 6.67. The minimum absolute atomic E-state index is 0.142. The van der Waals surface area contributed by atoms with Gasteiger partial charge in [0.1, 0.15) is 0 Å². The van der Waals surface area contributed by atoms with E-state index in [0.717, 1.165) is 35.8 Å². The van der Waals surface area contributed by atoms with Gasteiger partial charge in [-0.1, -0.05) is 18.5 Å². The molecule has 5 nitrogen and oxygen atoms in total. The minimum atomic E-state index is -0.142. The SMILES string of the molecule is CCOC(=O)CCCNCc1c(Cl)c(CC)nn1C. The predicted molar refractivity (Wildman–Crippen MR) is 75.2 cm³/mol. The molecule has 0 amide bonds. The second-order valence-corrected chi connectivity index (χ2v) is 4.65. The van der Waals surface area contributed by atoms with Gasteiger partial charge >= 0.3 is 5.97 Å². The summed E-state index contributed by atoms with van der Waals surface area (Å²) in [6.07, 6.45) is 2.03. The molecule has 0 radical (unpaired) electrons. The van der Waals surface area contributed by atoms with E-state index in [9.17, 15) is 4.79 Å². The fourth-order valence-electron chi connectivity index (χ4n) is 1.81. The van der Waals surface area contributed by atoms with Crippen molar-refractivity contribution in [1.82, 2.24) is 15.1 Å². The topological polar surface area (TPSA) is 56.1 Å². The molecule has 0 spiro atoms. The normalized spacial score (nSPS) is 10.7. The van der Waals surface area contributed by atoms with E-state index in [-0.39, 0.29) is 5.97 Å². The average Bonchev–Trinajstić information content (AvgIpc) is 2.65. The standard InChI is InChI=1S/C13H22ClN3O2/c1-4-10-13(14)11(17(3)16-10)9-15-8-6-7-12(18)19-5-2/h15H,4-9H2,1-3H3. The maximum atomic E-state index is 11.1. The summed E-state index contributed by atoms with van der Waals surface area (Å²) in [5.41, 5.74) is 1.90. The van der Waals surface area contributed by atoms with Gasteiger partial charge in [-0.15, -0.1) is 0 Å². The van der Waals surface area contributed by atoms with E-state index in [1.807, 2.05) is 20.9 Å². The van der Waals surface area contributed by atoms with Gasteiger partial charge in [-0.25, -0.2) is 0 Å². The molecule has 0 atom stereocenters. The van der Waals surface area contributed by atoms with Gasteiger partial charge in [0.25, 0.3) is 0 Å². The number of aryl methyl sites for hydroxylation is 2. The van der Waals surface area contributed by atoms with Crippen molar-refractivity contribution in [3.63, 3.8) is 0 Å². The third-order valence-corrected chi connectivity index (χ3v) is 3.27. The smallest absolute Gasteiger partial charge is 0.305 e. The average molecular weight is 288 g/mol. The highest BCUT2D eigenvalue weighted by molar-refractivity contribution is 6.31. The first kappa shape index (κ1) is 16.0. The van der Waals surface area contributed by atoms with Crippen LogP contribution < -0.4 is 5.32 Å². The molecule has 0 saturated carbocycles. The number of nitrogens with zero attached hydrogens (tertiary/aromatic N) is 2. The van der Waals surface area contributed by atoms with E-state index in [2.05, 4.69) is 10.4 Å². The molecule has 0 aliphatic carbocycles. The van der Waals surface area contributed by atoms with Crippen molar-refractivity contribution < 1.29 is 9.53 Å². The van der Waals surface area contributed by atoms with Crippen LogP contribution in [0.2, 0.25) is 5.02 Å². The summed E-state index contributed by atoms with van der Waals surface area (Å²) in [5.74, 6) is -0.142. The van der Waals surface area contributed by atoms with Crippen molar-refractivity contribution in [2.45, 2.75) is 39.7 Å². The number of rotatable bonds is 8. The summed E-state index contributed by atoms with van der Waals surface area (Å²) >= 11 is 6.24. The van der Waals surface area contributed by atoms with Gasteiger partial charge in [0.2, 0.25) is 0 Å². The van der Waals surface area contributed by atoms with Gasteiger partial charge in [0, 0.05) is 20.0 Å². The van der Waals surface area contributed by atoms with Crippen molar-refractivity contribution in [2.75, 3.05) is 13.2 Å². The van der Waals surface area contributed by atoms with Crippen LogP contribution in [0.15, 0.2) is 0 Å². The number of esters is 1. The van der Waals surface area contributed by atoms with Gasteiger partial charge in [-0.2, -0.15) is 5.10 Å². The Morgan fingerprint density at radius 1 is 1.47 bits per heavy atom. The summed E-state index contributed by atoms with van der Waals surface area (Å²) in [4.78, 5) is 11.1. The van der Waals surface area contributed by atoms with Crippen molar-refractivity contribution in [3.8, 4) is 0 Å². The van der Waals surface area contributed by atoms with Gasteiger partial charge in [0.05, 0.1) is 23.0 Å². The van der Waals surface area contributed by atoms with Gasteiger partial charge in [0.15, 0.2) is 0 Å². The van der Waals surface area contributed by atoms with Crippen molar-refractivity contribution in [1.29, 1.82) is 0 Å². The molecule has 0 aromatic carbocycles. The summed E-state index contributed by atoms with van der Waals surface area (Å²) in [6.45, 7) is 5.69. The highest BCUT2D eigenvalue weighted by Crippen LogP contribution is 2.20. The molecule has 1 aromatic rings.